The van der Waals surface area contributed by atoms with E-state index in [9.17, 15) is 9.59 Å². The summed E-state index contributed by atoms with van der Waals surface area (Å²) in [7, 11) is 0. The quantitative estimate of drug-likeness (QED) is 0.940. The Hall–Kier alpha value is -2.27. The van der Waals surface area contributed by atoms with Gasteiger partial charge in [0, 0.05) is 11.4 Å². The first-order chi connectivity index (χ1) is 11.1. The number of anilines is 1. The lowest BCUT2D eigenvalue weighted by atomic mass is 10.1. The number of nitrogens with one attached hydrogen (secondary N) is 1. The maximum atomic E-state index is 12.2. The van der Waals surface area contributed by atoms with Gasteiger partial charge in [0.25, 0.3) is 0 Å². The lowest BCUT2D eigenvalue weighted by molar-refractivity contribution is -0.123. The zero-order valence-corrected chi connectivity index (χ0v) is 13.7. The first-order valence-corrected chi connectivity index (χ1v) is 8.46. The fourth-order valence-electron chi connectivity index (χ4n) is 2.55. The van der Waals surface area contributed by atoms with E-state index in [2.05, 4.69) is 5.32 Å². The van der Waals surface area contributed by atoms with Crippen molar-refractivity contribution < 1.29 is 9.59 Å². The summed E-state index contributed by atoms with van der Waals surface area (Å²) in [6.07, 6.45) is 0. The van der Waals surface area contributed by atoms with E-state index in [-0.39, 0.29) is 18.4 Å². The zero-order chi connectivity index (χ0) is 16.2. The molecule has 23 heavy (non-hydrogen) atoms. The number of para-hydroxylation sites is 1. The highest BCUT2D eigenvalue weighted by Gasteiger charge is 2.25. The van der Waals surface area contributed by atoms with Gasteiger partial charge in [-0.1, -0.05) is 42.0 Å². The molecular weight excluding hydrogens is 308 g/mol. The summed E-state index contributed by atoms with van der Waals surface area (Å²) in [6.45, 7) is 2.55. The van der Waals surface area contributed by atoms with E-state index in [1.807, 2.05) is 55.5 Å². The van der Waals surface area contributed by atoms with Crippen LogP contribution in [-0.2, 0) is 16.1 Å². The second kappa shape index (κ2) is 6.87. The number of rotatable bonds is 4. The molecule has 0 aliphatic carbocycles. The van der Waals surface area contributed by atoms with Crippen LogP contribution in [0.5, 0.6) is 0 Å². The van der Waals surface area contributed by atoms with Gasteiger partial charge in [-0.3, -0.25) is 9.59 Å². The second-order valence-electron chi connectivity index (χ2n) is 5.50. The van der Waals surface area contributed by atoms with Crippen LogP contribution in [-0.4, -0.2) is 24.1 Å². The van der Waals surface area contributed by atoms with Gasteiger partial charge in [0.1, 0.15) is 6.54 Å². The highest BCUT2D eigenvalue weighted by Crippen LogP contribution is 2.34. The number of fused-ring (bicyclic) bond motifs is 1. The molecule has 0 aromatic heterocycles. The number of carbonyl (C=O) groups excluding carboxylic acids is 2. The van der Waals surface area contributed by atoms with Crippen LogP contribution in [0.4, 0.5) is 5.69 Å². The smallest absolute Gasteiger partial charge is 0.240 e. The molecule has 4 nitrogen and oxygen atoms in total. The molecule has 0 radical (unpaired) electrons. The van der Waals surface area contributed by atoms with Crippen molar-refractivity contribution in [3.63, 3.8) is 0 Å². The molecule has 1 N–H and O–H groups in total. The molecule has 1 aliphatic heterocycles. The van der Waals surface area contributed by atoms with Crippen molar-refractivity contribution in [1.82, 2.24) is 5.32 Å². The number of carbonyl (C=O) groups is 2. The van der Waals surface area contributed by atoms with Gasteiger partial charge >= 0.3 is 0 Å². The fourth-order valence-corrected chi connectivity index (χ4v) is 3.49. The van der Waals surface area contributed by atoms with E-state index < -0.39 is 0 Å². The molecule has 0 saturated carbocycles. The Morgan fingerprint density at radius 3 is 2.87 bits per heavy atom. The van der Waals surface area contributed by atoms with Crippen LogP contribution in [0.25, 0.3) is 0 Å². The predicted octanol–water partition coefficient (Wildman–Crippen LogP) is 2.75. The highest BCUT2D eigenvalue weighted by molar-refractivity contribution is 8.00. The molecule has 0 unspecified atom stereocenters. The minimum Gasteiger partial charge on any atom is -0.350 e. The Kier molecular flexibility index (Phi) is 4.67. The van der Waals surface area contributed by atoms with Gasteiger partial charge in [-0.15, -0.1) is 11.8 Å². The lowest BCUT2D eigenvalue weighted by Gasteiger charge is -2.28. The number of thioether (sulfide) groups is 1. The largest absolute Gasteiger partial charge is 0.350 e. The van der Waals surface area contributed by atoms with Gasteiger partial charge in [-0.05, 0) is 24.6 Å². The maximum Gasteiger partial charge on any atom is 0.240 e. The van der Waals surface area contributed by atoms with Crippen molar-refractivity contribution in [3.05, 3.63) is 59.7 Å². The predicted molar refractivity (Wildman–Crippen MR) is 92.5 cm³/mol. The number of hydrogen-bond acceptors (Lipinski definition) is 3. The average molecular weight is 326 g/mol. The number of amides is 2. The molecule has 5 heteroatoms. The van der Waals surface area contributed by atoms with Crippen molar-refractivity contribution in [2.75, 3.05) is 17.2 Å². The Bertz CT molecular complexity index is 745. The van der Waals surface area contributed by atoms with Crippen LogP contribution in [0.1, 0.15) is 11.1 Å². The van der Waals surface area contributed by atoms with Crippen LogP contribution < -0.4 is 10.2 Å². The monoisotopic (exact) mass is 326 g/mol. The molecule has 0 spiro atoms. The van der Waals surface area contributed by atoms with Gasteiger partial charge in [-0.25, -0.2) is 0 Å². The minimum absolute atomic E-state index is 0.0283. The Balaban J connectivity index is 1.65. The molecule has 3 rings (SSSR count). The summed E-state index contributed by atoms with van der Waals surface area (Å²) < 4.78 is 0. The zero-order valence-electron chi connectivity index (χ0n) is 12.9. The first-order valence-electron chi connectivity index (χ1n) is 7.48. The minimum atomic E-state index is -0.151. The van der Waals surface area contributed by atoms with Crippen LogP contribution in [0.2, 0.25) is 0 Å². The highest BCUT2D eigenvalue weighted by atomic mass is 32.2. The second-order valence-corrected chi connectivity index (χ2v) is 6.52. The van der Waals surface area contributed by atoms with Crippen LogP contribution in [0.3, 0.4) is 0 Å². The van der Waals surface area contributed by atoms with E-state index in [1.54, 1.807) is 4.90 Å². The summed E-state index contributed by atoms with van der Waals surface area (Å²) in [5.74, 6) is 0.197. The van der Waals surface area contributed by atoms with Gasteiger partial charge in [0.15, 0.2) is 0 Å². The molecule has 1 aliphatic rings. The Morgan fingerprint density at radius 2 is 2.04 bits per heavy atom. The van der Waals surface area contributed by atoms with Crippen molar-refractivity contribution in [1.29, 1.82) is 0 Å². The number of benzene rings is 2. The van der Waals surface area contributed by atoms with Gasteiger partial charge in [0.05, 0.1) is 11.4 Å². The summed E-state index contributed by atoms with van der Waals surface area (Å²) in [5.41, 5.74) is 3.03. The van der Waals surface area contributed by atoms with E-state index in [1.165, 1.54) is 11.8 Å². The Labute approximate surface area is 139 Å². The molecule has 0 fully saturated rings. The molecule has 118 valence electrons. The number of hydrogen-bond donors (Lipinski definition) is 1. The van der Waals surface area contributed by atoms with E-state index in [0.717, 1.165) is 21.7 Å². The topological polar surface area (TPSA) is 49.4 Å². The molecule has 1 heterocycles. The summed E-state index contributed by atoms with van der Waals surface area (Å²) in [5, 5.41) is 2.89. The summed E-state index contributed by atoms with van der Waals surface area (Å²) >= 11 is 1.52. The third-order valence-electron chi connectivity index (χ3n) is 3.68. The maximum absolute atomic E-state index is 12.2. The van der Waals surface area contributed by atoms with Crippen molar-refractivity contribution in [2.24, 2.45) is 0 Å². The standard InChI is InChI=1S/C18H18N2O2S/c1-13-5-4-6-14(9-13)10-19-17(21)11-20-15-7-2-3-8-16(15)23-12-18(20)22/h2-9H,10-12H2,1H3,(H,19,21). The SMILES string of the molecule is Cc1cccc(CNC(=O)CN2C(=O)CSc3ccccc32)c1. The molecule has 2 amide bonds. The number of nitrogens with zero attached hydrogens (tertiary/aromatic N) is 1. The summed E-state index contributed by atoms with van der Waals surface area (Å²) in [6, 6.07) is 15.7. The molecular formula is C18H18N2O2S. The lowest BCUT2D eigenvalue weighted by Crippen LogP contribution is -2.43. The van der Waals surface area contributed by atoms with E-state index in [0.29, 0.717) is 12.3 Å². The normalized spacial score (nSPS) is 13.6. The van der Waals surface area contributed by atoms with Crippen LogP contribution in [0, 0.1) is 6.92 Å². The molecule has 2 aromatic rings. The molecule has 0 atom stereocenters. The van der Waals surface area contributed by atoms with Crippen molar-refractivity contribution in [2.45, 2.75) is 18.4 Å². The summed E-state index contributed by atoms with van der Waals surface area (Å²) in [4.78, 5) is 27.0. The third-order valence-corrected chi connectivity index (χ3v) is 4.73. The van der Waals surface area contributed by atoms with Crippen molar-refractivity contribution in [3.8, 4) is 0 Å². The van der Waals surface area contributed by atoms with Crippen molar-refractivity contribution >= 4 is 29.3 Å². The third kappa shape index (κ3) is 3.74. The van der Waals surface area contributed by atoms with E-state index >= 15 is 0 Å². The van der Waals surface area contributed by atoms with Gasteiger partial charge in [-0.2, -0.15) is 0 Å². The average Bonchev–Trinajstić information content (AvgIpc) is 2.56. The number of aryl methyl sites for hydroxylation is 1. The Morgan fingerprint density at radius 1 is 1.22 bits per heavy atom. The van der Waals surface area contributed by atoms with Crippen LogP contribution in [0.15, 0.2) is 53.4 Å². The molecule has 2 aromatic carbocycles. The molecule has 0 bridgehead atoms. The fraction of sp³-hybridized carbons (Fsp3) is 0.222. The van der Waals surface area contributed by atoms with Gasteiger partial charge < -0.3 is 10.2 Å². The molecule has 0 saturated heterocycles. The van der Waals surface area contributed by atoms with Gasteiger partial charge in [0.2, 0.25) is 11.8 Å². The van der Waals surface area contributed by atoms with Crippen LogP contribution >= 0.6 is 11.8 Å². The first kappa shape index (κ1) is 15.6. The van der Waals surface area contributed by atoms with E-state index in [4.69, 9.17) is 0 Å².